The van der Waals surface area contributed by atoms with Crippen LogP contribution in [0.15, 0.2) is 28.0 Å². The minimum absolute atomic E-state index is 0.00903. The molecule has 0 aliphatic carbocycles. The number of nitrogen functional groups attached to an aromatic ring is 1. The number of nitrogens with two attached hydrogens (primary N) is 1. The quantitative estimate of drug-likeness (QED) is 0.684. The number of sulfonamides is 1. The van der Waals surface area contributed by atoms with Crippen molar-refractivity contribution in [1.29, 1.82) is 0 Å². The van der Waals surface area contributed by atoms with Crippen LogP contribution in [0.1, 0.15) is 0 Å². The van der Waals surface area contributed by atoms with Gasteiger partial charge in [-0.2, -0.15) is 0 Å². The molecule has 0 aliphatic heterocycles. The Labute approximate surface area is 119 Å². The second-order valence-corrected chi connectivity index (χ2v) is 8.42. The van der Waals surface area contributed by atoms with Gasteiger partial charge in [0.2, 0.25) is 10.0 Å². The van der Waals surface area contributed by atoms with Gasteiger partial charge in [-0.1, -0.05) is 0 Å². The van der Waals surface area contributed by atoms with Gasteiger partial charge in [-0.25, -0.2) is 21.6 Å². The van der Waals surface area contributed by atoms with E-state index in [1.165, 1.54) is 12.1 Å². The summed E-state index contributed by atoms with van der Waals surface area (Å²) in [6, 6.07) is 3.63. The maximum atomic E-state index is 12.1. The molecule has 0 heterocycles. The van der Waals surface area contributed by atoms with Crippen LogP contribution in [-0.4, -0.2) is 55.2 Å². The van der Waals surface area contributed by atoms with E-state index in [-0.39, 0.29) is 22.0 Å². The second kappa shape index (κ2) is 6.08. The van der Waals surface area contributed by atoms with Crippen LogP contribution in [0.2, 0.25) is 0 Å². The standard InChI is InChI=1S/C11H19N3O4S2/c1-14(2)7-6-13-20(17,18)11-8-9(19(3,15)16)4-5-10(11)12/h4-5,8,13H,6-7,12H2,1-3H3. The van der Waals surface area contributed by atoms with Gasteiger partial charge in [0.05, 0.1) is 10.6 Å². The van der Waals surface area contributed by atoms with Crippen molar-refractivity contribution >= 4 is 25.5 Å². The van der Waals surface area contributed by atoms with Crippen molar-refractivity contribution in [3.05, 3.63) is 18.2 Å². The smallest absolute Gasteiger partial charge is 0.242 e. The fourth-order valence-electron chi connectivity index (χ4n) is 1.46. The fourth-order valence-corrected chi connectivity index (χ4v) is 3.36. The zero-order valence-electron chi connectivity index (χ0n) is 11.6. The zero-order valence-corrected chi connectivity index (χ0v) is 13.3. The Kier molecular flexibility index (Phi) is 5.14. The van der Waals surface area contributed by atoms with Crippen LogP contribution >= 0.6 is 0 Å². The number of nitrogens with zero attached hydrogens (tertiary/aromatic N) is 1. The first kappa shape index (κ1) is 16.9. The van der Waals surface area contributed by atoms with E-state index in [9.17, 15) is 16.8 Å². The monoisotopic (exact) mass is 321 g/mol. The summed E-state index contributed by atoms with van der Waals surface area (Å²) in [4.78, 5) is 1.51. The lowest BCUT2D eigenvalue weighted by Gasteiger charge is -2.12. The van der Waals surface area contributed by atoms with Gasteiger partial charge >= 0.3 is 0 Å². The highest BCUT2D eigenvalue weighted by molar-refractivity contribution is 7.91. The Morgan fingerprint density at radius 2 is 1.80 bits per heavy atom. The number of rotatable bonds is 6. The molecule has 0 saturated heterocycles. The van der Waals surface area contributed by atoms with E-state index in [0.29, 0.717) is 6.54 Å². The van der Waals surface area contributed by atoms with Crippen molar-refractivity contribution in [1.82, 2.24) is 9.62 Å². The first-order valence-corrected chi connectivity index (χ1v) is 9.15. The molecule has 0 bridgehead atoms. The molecule has 0 atom stereocenters. The minimum atomic E-state index is -3.84. The number of benzene rings is 1. The number of nitrogens with one attached hydrogen (secondary N) is 1. The lowest BCUT2D eigenvalue weighted by atomic mass is 10.3. The van der Waals surface area contributed by atoms with Crippen molar-refractivity contribution in [3.63, 3.8) is 0 Å². The van der Waals surface area contributed by atoms with Crippen molar-refractivity contribution in [2.45, 2.75) is 9.79 Å². The molecule has 1 aromatic carbocycles. The van der Waals surface area contributed by atoms with Crippen molar-refractivity contribution in [2.75, 3.05) is 39.2 Å². The average Bonchev–Trinajstić information content (AvgIpc) is 2.26. The number of likely N-dealkylation sites (N-methyl/N-ethyl adjacent to an activating group) is 1. The Morgan fingerprint density at radius 1 is 1.20 bits per heavy atom. The van der Waals surface area contributed by atoms with Crippen molar-refractivity contribution in [2.24, 2.45) is 0 Å². The lowest BCUT2D eigenvalue weighted by molar-refractivity contribution is 0.412. The van der Waals surface area contributed by atoms with E-state index in [1.54, 1.807) is 0 Å². The van der Waals surface area contributed by atoms with Crippen LogP contribution in [0.3, 0.4) is 0 Å². The molecule has 0 fully saturated rings. The highest BCUT2D eigenvalue weighted by Crippen LogP contribution is 2.22. The third-order valence-corrected chi connectivity index (χ3v) is 5.18. The molecule has 9 heteroatoms. The summed E-state index contributed by atoms with van der Waals surface area (Å²) in [7, 11) is -3.70. The first-order valence-electron chi connectivity index (χ1n) is 5.78. The van der Waals surface area contributed by atoms with Gasteiger partial charge in [0.15, 0.2) is 9.84 Å². The lowest BCUT2D eigenvalue weighted by Crippen LogP contribution is -2.31. The van der Waals surface area contributed by atoms with Crippen LogP contribution in [0.25, 0.3) is 0 Å². The van der Waals surface area contributed by atoms with Gasteiger partial charge in [-0.05, 0) is 32.3 Å². The average molecular weight is 321 g/mol. The van der Waals surface area contributed by atoms with E-state index in [0.717, 1.165) is 12.3 Å². The van der Waals surface area contributed by atoms with E-state index in [2.05, 4.69) is 4.72 Å². The zero-order chi connectivity index (χ0) is 15.6. The SMILES string of the molecule is CN(C)CCNS(=O)(=O)c1cc(S(C)(=O)=O)ccc1N. The molecule has 0 aliphatic rings. The predicted octanol–water partition coefficient (Wildman–Crippen LogP) is -0.488. The number of hydrogen-bond donors (Lipinski definition) is 2. The molecule has 0 radical (unpaired) electrons. The first-order chi connectivity index (χ1) is 9.04. The Morgan fingerprint density at radius 3 is 2.30 bits per heavy atom. The summed E-state index contributed by atoms with van der Waals surface area (Å²) < 4.78 is 49.5. The second-order valence-electron chi connectivity index (χ2n) is 4.67. The molecular formula is C11H19N3O4S2. The Balaban J connectivity index is 3.12. The molecule has 0 unspecified atom stereocenters. The van der Waals surface area contributed by atoms with Gasteiger partial charge in [0, 0.05) is 19.3 Å². The van der Waals surface area contributed by atoms with E-state index >= 15 is 0 Å². The molecule has 3 N–H and O–H groups in total. The number of hydrogen-bond acceptors (Lipinski definition) is 6. The summed E-state index contributed by atoms with van der Waals surface area (Å²) in [5.41, 5.74) is 5.64. The van der Waals surface area contributed by atoms with Gasteiger partial charge in [-0.15, -0.1) is 0 Å². The Bertz CT molecular complexity index is 682. The van der Waals surface area contributed by atoms with Gasteiger partial charge in [0.25, 0.3) is 0 Å². The predicted molar refractivity (Wildman–Crippen MR) is 77.7 cm³/mol. The third-order valence-electron chi connectivity index (χ3n) is 2.55. The molecule has 1 rings (SSSR count). The van der Waals surface area contributed by atoms with Crippen molar-refractivity contribution < 1.29 is 16.8 Å². The van der Waals surface area contributed by atoms with Crippen LogP contribution in [0, 0.1) is 0 Å². The third kappa shape index (κ3) is 4.44. The van der Waals surface area contributed by atoms with Gasteiger partial charge < -0.3 is 10.6 Å². The summed E-state index contributed by atoms with van der Waals surface area (Å²) in [5.74, 6) is 0. The van der Waals surface area contributed by atoms with Crippen LogP contribution in [0.5, 0.6) is 0 Å². The Hall–Kier alpha value is -1.16. The summed E-state index contributed by atoms with van der Waals surface area (Å²) in [5, 5.41) is 0. The molecule has 1 aromatic rings. The number of anilines is 1. The van der Waals surface area contributed by atoms with Crippen LogP contribution < -0.4 is 10.5 Å². The molecular weight excluding hydrogens is 302 g/mol. The molecule has 20 heavy (non-hydrogen) atoms. The molecule has 0 saturated carbocycles. The summed E-state index contributed by atoms with van der Waals surface area (Å²) >= 11 is 0. The molecule has 0 aromatic heterocycles. The molecule has 7 nitrogen and oxygen atoms in total. The summed E-state index contributed by atoms with van der Waals surface area (Å²) in [6.07, 6.45) is 1.01. The molecule has 0 amide bonds. The van der Waals surface area contributed by atoms with E-state index in [4.69, 9.17) is 5.73 Å². The van der Waals surface area contributed by atoms with E-state index < -0.39 is 19.9 Å². The van der Waals surface area contributed by atoms with Crippen LogP contribution in [0.4, 0.5) is 5.69 Å². The highest BCUT2D eigenvalue weighted by atomic mass is 32.2. The maximum Gasteiger partial charge on any atom is 0.242 e. The summed E-state index contributed by atoms with van der Waals surface area (Å²) in [6.45, 7) is 0.725. The maximum absolute atomic E-state index is 12.1. The molecule has 114 valence electrons. The van der Waals surface area contributed by atoms with Crippen molar-refractivity contribution in [3.8, 4) is 0 Å². The number of sulfone groups is 1. The highest BCUT2D eigenvalue weighted by Gasteiger charge is 2.20. The largest absolute Gasteiger partial charge is 0.398 e. The fraction of sp³-hybridized carbons (Fsp3) is 0.455. The van der Waals surface area contributed by atoms with Gasteiger partial charge in [0.1, 0.15) is 4.90 Å². The molecule has 0 spiro atoms. The van der Waals surface area contributed by atoms with E-state index in [1.807, 2.05) is 19.0 Å². The minimum Gasteiger partial charge on any atom is -0.398 e. The van der Waals surface area contributed by atoms with Gasteiger partial charge in [-0.3, -0.25) is 0 Å². The topological polar surface area (TPSA) is 110 Å². The normalized spacial score (nSPS) is 12.8. The van der Waals surface area contributed by atoms with Crippen LogP contribution in [-0.2, 0) is 19.9 Å².